The average molecular weight is 1460 g/mol. The standard InChI is InChI=1S/C73H107N9O22/c1-6-13-63-103-58-39-53-52-22-19-48-38-50(83)25-27-71(48,4)64(52)56(84)40-72(53,5)73(58,104-63)57(85)43-100-45-78-60(87)41-77-70(95)102-42-47-17-20-49(21-18-47)79-66(91)54(16-12-28-76-69(74)94)81-68(93)65(46(2)3)82-67(92)55(23-24-62(89)90)80-59(86)26-30-96-32-34-98-36-37-99-35-33-97-31-29-75-61(88)44-101-51-14-10-8-7-9-11-15-51/h17-18,20-21,25,27,38,46,51-56,58,63-65,84H,6-10,12-14,16,19,22-24,26,28-37,39-45H2,1-5H3,(H,75,88)(H,77,95)(H,78,87)(H,79,91)(H,80,86)(H,81,93)(H,82,92)(H,89,90)(H3,74,76,94)/t51?,52-,53-,54-,55-,56-,58+,63?,64?,65-,71-,72-,73+/m0/s1. The fourth-order valence-electron chi connectivity index (χ4n) is 14.9. The van der Waals surface area contributed by atoms with Crippen molar-refractivity contribution in [1.29, 1.82) is 0 Å². The van der Waals surface area contributed by atoms with Crippen molar-refractivity contribution in [1.82, 2.24) is 37.2 Å². The van der Waals surface area contributed by atoms with Crippen LogP contribution < -0.4 is 48.3 Å². The number of benzene rings is 1. The highest BCUT2D eigenvalue weighted by Crippen LogP contribution is 2.70. The molecule has 1 aromatic carbocycles. The number of hydrogen-bond donors (Lipinski definition) is 11. The number of carbonyl (C=O) groups is 11. The molecular weight excluding hydrogens is 1350 g/mol. The number of rotatable bonds is 44. The number of carboxylic acid groups (broad SMARTS) is 1. The van der Waals surface area contributed by atoms with Gasteiger partial charge in [-0.1, -0.05) is 77.2 Å². The second-order valence-electron chi connectivity index (χ2n) is 27.8. The van der Waals surface area contributed by atoms with Gasteiger partial charge in [0.2, 0.25) is 35.4 Å². The lowest BCUT2D eigenvalue weighted by atomic mass is 9.46. The quantitative estimate of drug-likeness (QED) is 0.0254. The van der Waals surface area contributed by atoms with Gasteiger partial charge in [-0.15, -0.1) is 5.92 Å². The Morgan fingerprint density at radius 3 is 2.16 bits per heavy atom. The summed E-state index contributed by atoms with van der Waals surface area (Å²) in [7, 11) is 0. The smallest absolute Gasteiger partial charge is 0.407 e. The topological polar surface area (TPSA) is 434 Å². The van der Waals surface area contributed by atoms with Crippen LogP contribution in [0.3, 0.4) is 0 Å². The van der Waals surface area contributed by atoms with Crippen molar-refractivity contribution < 1.29 is 106 Å². The van der Waals surface area contributed by atoms with E-state index in [1.165, 1.54) is 12.1 Å². The maximum absolute atomic E-state index is 14.6. The van der Waals surface area contributed by atoms with Crippen molar-refractivity contribution in [3.8, 4) is 11.8 Å². The predicted molar refractivity (Wildman–Crippen MR) is 374 cm³/mol. The van der Waals surface area contributed by atoms with Crippen molar-refractivity contribution in [3.05, 3.63) is 53.6 Å². The van der Waals surface area contributed by atoms with Crippen molar-refractivity contribution >= 4 is 70.8 Å². The average Bonchev–Trinajstić information content (AvgIpc) is 1.49. The molecule has 576 valence electrons. The lowest BCUT2D eigenvalue weighted by molar-refractivity contribution is -0.201. The SMILES string of the molecule is CCCC1O[C@@H]2C[C@H]3[C@@H]4CCC5=CC(=O)C=C[C@]5(C)C4[C@@H](O)C[C@]3(C)[C@]2(C(=O)COCNC(=O)CNC(=O)OCc2ccc(NC(=O)[C@H](CCCNC(N)=O)NC(=O)[C@@H](NC(=O)[C@H](CCC(=O)O)NC(=O)CCOCCOCCOCCOCCNC(=O)COC3C#CCCCCC3)C(C)C)cc2)O1. The summed E-state index contributed by atoms with van der Waals surface area (Å²) in [4.78, 5) is 142. The summed E-state index contributed by atoms with van der Waals surface area (Å²) >= 11 is 0. The highest BCUT2D eigenvalue weighted by molar-refractivity contribution is 6.01. The molecule has 31 heteroatoms. The molecule has 1 aromatic rings. The van der Waals surface area contributed by atoms with E-state index in [9.17, 15) is 63.0 Å². The number of anilines is 1. The zero-order valence-electron chi connectivity index (χ0n) is 60.4. The van der Waals surface area contributed by atoms with Crippen LogP contribution in [0.4, 0.5) is 15.3 Å². The minimum Gasteiger partial charge on any atom is -0.481 e. The van der Waals surface area contributed by atoms with Gasteiger partial charge in [0.15, 0.2) is 23.5 Å². The molecule has 13 atom stereocenters. The Bertz CT molecular complexity index is 3230. The molecule has 4 fully saturated rings. The number of fused-ring (bicyclic) bond motifs is 7. The van der Waals surface area contributed by atoms with Crippen molar-refractivity contribution in [2.75, 3.05) is 97.8 Å². The Labute approximate surface area is 607 Å². The lowest BCUT2D eigenvalue weighted by Crippen LogP contribution is -2.63. The monoisotopic (exact) mass is 1460 g/mol. The molecule has 3 unspecified atom stereocenters. The summed E-state index contributed by atoms with van der Waals surface area (Å²) in [6.45, 7) is 9.91. The van der Waals surface area contributed by atoms with Crippen LogP contribution >= 0.6 is 0 Å². The number of carbonyl (C=O) groups excluding carboxylic acids is 10. The van der Waals surface area contributed by atoms with Gasteiger partial charge >= 0.3 is 18.1 Å². The van der Waals surface area contributed by atoms with Crippen LogP contribution in [0.5, 0.6) is 0 Å². The number of amides is 9. The van der Waals surface area contributed by atoms with Gasteiger partial charge in [0.05, 0.1) is 65.1 Å². The molecule has 104 heavy (non-hydrogen) atoms. The number of nitrogens with two attached hydrogens (primary N) is 1. The number of urea groups is 1. The van der Waals surface area contributed by atoms with Crippen LogP contribution in [0.25, 0.3) is 0 Å². The molecule has 0 aromatic heterocycles. The number of aliphatic hydroxyl groups excluding tert-OH is 1. The first-order valence-electron chi connectivity index (χ1n) is 36.3. The number of carboxylic acids is 1. The molecule has 5 aliphatic carbocycles. The van der Waals surface area contributed by atoms with Crippen LogP contribution in [0.15, 0.2) is 48.1 Å². The third kappa shape index (κ3) is 24.3. The second-order valence-corrected chi connectivity index (χ2v) is 27.8. The fourth-order valence-corrected chi connectivity index (χ4v) is 14.9. The van der Waals surface area contributed by atoms with E-state index in [2.05, 4.69) is 61.3 Å². The normalized spacial score (nSPS) is 25.2. The van der Waals surface area contributed by atoms with Gasteiger partial charge in [-0.05, 0) is 118 Å². The first kappa shape index (κ1) is 83.3. The molecule has 1 saturated heterocycles. The highest BCUT2D eigenvalue weighted by Gasteiger charge is 2.76. The van der Waals surface area contributed by atoms with Crippen LogP contribution in [0.2, 0.25) is 0 Å². The molecule has 3 saturated carbocycles. The summed E-state index contributed by atoms with van der Waals surface area (Å²) in [6.07, 6.45) is 9.76. The summed E-state index contributed by atoms with van der Waals surface area (Å²) in [5, 5.41) is 42.1. The molecular formula is C73H107N9O22. The maximum atomic E-state index is 14.6. The van der Waals surface area contributed by atoms with Gasteiger partial charge < -0.3 is 101 Å². The minimum absolute atomic E-state index is 0.0126. The second kappa shape index (κ2) is 41.7. The van der Waals surface area contributed by atoms with Gasteiger partial charge in [0.1, 0.15) is 57.3 Å². The van der Waals surface area contributed by atoms with Gasteiger partial charge in [-0.25, -0.2) is 9.59 Å². The molecule has 0 radical (unpaired) electrons. The molecule has 1 aliphatic heterocycles. The van der Waals surface area contributed by atoms with Crippen LogP contribution in [0.1, 0.15) is 143 Å². The van der Waals surface area contributed by atoms with Crippen LogP contribution in [-0.4, -0.2) is 216 Å². The van der Waals surface area contributed by atoms with Gasteiger partial charge in [-0.3, -0.25) is 43.2 Å². The summed E-state index contributed by atoms with van der Waals surface area (Å²) < 4.78 is 51.9. The number of allylic oxidation sites excluding steroid dienone is 4. The van der Waals surface area contributed by atoms with Crippen molar-refractivity contribution in [2.24, 2.45) is 40.2 Å². The number of ketones is 2. The number of Topliss-reactive ketones (excluding diaryl/α,β-unsaturated/α-hetero) is 1. The summed E-state index contributed by atoms with van der Waals surface area (Å²) in [5.41, 5.74) is 4.31. The maximum Gasteiger partial charge on any atom is 0.407 e. The fraction of sp³-hybridized carbons (Fsp3) is 0.685. The van der Waals surface area contributed by atoms with E-state index in [1.54, 1.807) is 38.1 Å². The number of hydrogen-bond acceptors (Lipinski definition) is 21. The number of aliphatic hydroxyl groups is 1. The Balaban J connectivity index is 0.784. The summed E-state index contributed by atoms with van der Waals surface area (Å²) in [5.74, 6) is -0.0321. The molecule has 31 nitrogen and oxygen atoms in total. The summed E-state index contributed by atoms with van der Waals surface area (Å²) in [6, 6.07) is 1.45. The molecule has 0 bridgehead atoms. The zero-order valence-corrected chi connectivity index (χ0v) is 60.4. The number of nitrogens with one attached hydrogen (secondary N) is 8. The molecule has 1 heterocycles. The first-order valence-corrected chi connectivity index (χ1v) is 36.3. The molecule has 9 amide bonds. The number of alkyl carbamates (subject to hydrolysis) is 1. The largest absolute Gasteiger partial charge is 0.481 e. The van der Waals surface area contributed by atoms with Crippen LogP contribution in [-0.2, 0) is 92.4 Å². The van der Waals surface area contributed by atoms with E-state index in [4.69, 9.17) is 48.4 Å². The first-order chi connectivity index (χ1) is 49.9. The third-order valence-electron chi connectivity index (χ3n) is 20.1. The number of primary amides is 1. The van der Waals surface area contributed by atoms with E-state index in [0.29, 0.717) is 51.2 Å². The predicted octanol–water partition coefficient (Wildman–Crippen LogP) is 3.03. The van der Waals surface area contributed by atoms with E-state index in [0.717, 1.165) is 50.5 Å². The highest BCUT2D eigenvalue weighted by atomic mass is 16.7. The van der Waals surface area contributed by atoms with E-state index in [1.807, 2.05) is 19.9 Å². The molecule has 6 aliphatic rings. The molecule has 0 spiro atoms. The van der Waals surface area contributed by atoms with E-state index < -0.39 is 126 Å². The Kier molecular flexibility index (Phi) is 33.4. The Morgan fingerprint density at radius 2 is 1.46 bits per heavy atom. The van der Waals surface area contributed by atoms with Crippen molar-refractivity contribution in [3.63, 3.8) is 0 Å². The molecule has 7 rings (SSSR count). The number of aliphatic carboxylic acids is 1. The third-order valence-corrected chi connectivity index (χ3v) is 20.1. The van der Waals surface area contributed by atoms with E-state index in [-0.39, 0.29) is 139 Å². The zero-order chi connectivity index (χ0) is 75.2. The number of ether oxygens (including phenoxy) is 9. The lowest BCUT2D eigenvalue weighted by Gasteiger charge is -2.59. The van der Waals surface area contributed by atoms with Gasteiger partial charge in [0.25, 0.3) is 0 Å². The van der Waals surface area contributed by atoms with Gasteiger partial charge in [0, 0.05) is 54.8 Å². The molecule has 12 N–H and O–H groups in total. The van der Waals surface area contributed by atoms with E-state index >= 15 is 0 Å². The van der Waals surface area contributed by atoms with Gasteiger partial charge in [-0.2, -0.15) is 0 Å². The van der Waals surface area contributed by atoms with Crippen LogP contribution in [0, 0.1) is 46.3 Å². The Hall–Kier alpha value is -7.93. The van der Waals surface area contributed by atoms with Crippen molar-refractivity contribution in [2.45, 2.75) is 192 Å². The Morgan fingerprint density at radius 1 is 0.750 bits per heavy atom. The minimum atomic E-state index is -1.41.